The third kappa shape index (κ3) is 10.2. The predicted molar refractivity (Wildman–Crippen MR) is 151 cm³/mol. The van der Waals surface area contributed by atoms with Crippen molar-refractivity contribution in [2.75, 3.05) is 6.54 Å². The van der Waals surface area contributed by atoms with Crippen molar-refractivity contribution in [1.82, 2.24) is 20.7 Å². The maximum Gasteiger partial charge on any atom is 0.408 e. The summed E-state index contributed by atoms with van der Waals surface area (Å²) in [5, 5.41) is 13.8. The zero-order valence-electron chi connectivity index (χ0n) is 23.8. The second-order valence-electron chi connectivity index (χ2n) is 10.6. The average Bonchev–Trinajstić information content (AvgIpc) is 2.89. The molecule has 2 rings (SSSR count). The van der Waals surface area contributed by atoms with Crippen molar-refractivity contribution >= 4 is 29.6 Å². The molecule has 3 N–H and O–H groups in total. The molecule has 216 valence electrons. The molecule has 0 saturated carbocycles. The van der Waals surface area contributed by atoms with Crippen molar-refractivity contribution in [3.05, 3.63) is 71.8 Å². The summed E-state index contributed by atoms with van der Waals surface area (Å²) in [6.07, 6.45) is -0.946. The van der Waals surface area contributed by atoms with Gasteiger partial charge in [-0.2, -0.15) is 0 Å². The first-order valence-corrected chi connectivity index (χ1v) is 13.4. The highest BCUT2D eigenvalue weighted by Crippen LogP contribution is 2.17. The topological polar surface area (TPSA) is 136 Å². The number of nitrogens with zero attached hydrogens (tertiary/aromatic N) is 2. The molecule has 2 unspecified atom stereocenters. The third-order valence-electron chi connectivity index (χ3n) is 6.07. The van der Waals surface area contributed by atoms with Gasteiger partial charge < -0.3 is 10.4 Å². The van der Waals surface area contributed by atoms with Crippen LogP contribution in [0.3, 0.4) is 0 Å². The number of carbonyl (C=O) groups excluding carboxylic acids is 4. The Balaban J connectivity index is 2.38. The van der Waals surface area contributed by atoms with E-state index < -0.39 is 41.7 Å². The Morgan fingerprint density at radius 3 is 1.82 bits per heavy atom. The van der Waals surface area contributed by atoms with Crippen molar-refractivity contribution in [2.24, 2.45) is 11.8 Å². The summed E-state index contributed by atoms with van der Waals surface area (Å²) in [7, 11) is 0. The van der Waals surface area contributed by atoms with Gasteiger partial charge in [0.1, 0.15) is 12.1 Å². The van der Waals surface area contributed by atoms with Gasteiger partial charge in [-0.1, -0.05) is 88.4 Å². The first kappa shape index (κ1) is 32.0. The van der Waals surface area contributed by atoms with Crippen LogP contribution in [0.4, 0.5) is 4.79 Å². The molecule has 0 aliphatic rings. The number of ketones is 1. The fourth-order valence-corrected chi connectivity index (χ4v) is 4.19. The minimum atomic E-state index is -1.26. The number of hydrazine groups is 1. The fraction of sp³-hybridized carbons (Fsp3) is 0.433. The van der Waals surface area contributed by atoms with Gasteiger partial charge in [0.25, 0.3) is 5.91 Å². The Bertz CT molecular complexity index is 1150. The summed E-state index contributed by atoms with van der Waals surface area (Å²) in [5.74, 6) is -3.01. The highest BCUT2D eigenvalue weighted by atomic mass is 16.4. The normalized spacial score (nSPS) is 12.4. The van der Waals surface area contributed by atoms with Gasteiger partial charge in [-0.3, -0.25) is 29.5 Å². The molecule has 0 bridgehead atoms. The van der Waals surface area contributed by atoms with E-state index >= 15 is 0 Å². The quantitative estimate of drug-likeness (QED) is 0.257. The van der Waals surface area contributed by atoms with E-state index in [9.17, 15) is 29.1 Å². The Kier molecular flexibility index (Phi) is 12.3. The molecule has 0 saturated heterocycles. The van der Waals surface area contributed by atoms with E-state index in [1.165, 1.54) is 0 Å². The van der Waals surface area contributed by atoms with Crippen molar-refractivity contribution < 1.29 is 29.1 Å². The summed E-state index contributed by atoms with van der Waals surface area (Å²) >= 11 is 0. The van der Waals surface area contributed by atoms with Crippen LogP contribution in [-0.4, -0.2) is 63.2 Å². The van der Waals surface area contributed by atoms with Crippen LogP contribution >= 0.6 is 0 Å². The van der Waals surface area contributed by atoms with E-state index in [-0.39, 0.29) is 37.8 Å². The molecular weight excluding hydrogens is 512 g/mol. The number of carboxylic acid groups (broad SMARTS) is 1. The number of amides is 4. The largest absolute Gasteiger partial charge is 0.465 e. The van der Waals surface area contributed by atoms with Gasteiger partial charge in [-0.25, -0.2) is 9.80 Å². The number of hydrogen-bond acceptors (Lipinski definition) is 5. The van der Waals surface area contributed by atoms with E-state index in [1.54, 1.807) is 48.5 Å². The van der Waals surface area contributed by atoms with Gasteiger partial charge >= 0.3 is 12.0 Å². The van der Waals surface area contributed by atoms with Crippen LogP contribution in [-0.2, 0) is 32.1 Å². The highest BCUT2D eigenvalue weighted by molar-refractivity contribution is 6.35. The van der Waals surface area contributed by atoms with E-state index in [2.05, 4.69) is 10.7 Å². The van der Waals surface area contributed by atoms with Crippen LogP contribution in [0.1, 0.15) is 52.2 Å². The molecule has 10 heteroatoms. The molecule has 2 atom stereocenters. The molecule has 10 nitrogen and oxygen atoms in total. The Hall–Kier alpha value is -4.21. The number of hydrogen-bond donors (Lipinski definition) is 3. The second kappa shape index (κ2) is 15.4. The number of carbonyl (C=O) groups is 5. The Labute approximate surface area is 235 Å². The lowest BCUT2D eigenvalue weighted by Gasteiger charge is -2.32. The maximum atomic E-state index is 13.7. The fourth-order valence-electron chi connectivity index (χ4n) is 4.19. The van der Waals surface area contributed by atoms with Crippen molar-refractivity contribution in [3.63, 3.8) is 0 Å². The molecule has 0 heterocycles. The molecule has 2 aromatic carbocycles. The lowest BCUT2D eigenvalue weighted by atomic mass is 9.99. The van der Waals surface area contributed by atoms with Crippen LogP contribution in [0.2, 0.25) is 0 Å². The van der Waals surface area contributed by atoms with Gasteiger partial charge in [-0.15, -0.1) is 0 Å². The Morgan fingerprint density at radius 2 is 1.35 bits per heavy atom. The van der Waals surface area contributed by atoms with Gasteiger partial charge in [0.2, 0.25) is 11.7 Å². The zero-order valence-corrected chi connectivity index (χ0v) is 23.8. The summed E-state index contributed by atoms with van der Waals surface area (Å²) in [6.45, 7) is 8.64. The monoisotopic (exact) mass is 552 g/mol. The number of rotatable bonds is 13. The van der Waals surface area contributed by atoms with Gasteiger partial charge in [0.05, 0.1) is 0 Å². The summed E-state index contributed by atoms with van der Waals surface area (Å²) in [4.78, 5) is 64.9. The van der Waals surface area contributed by atoms with E-state index in [4.69, 9.17) is 0 Å². The molecule has 0 aliphatic heterocycles. The lowest BCUT2D eigenvalue weighted by molar-refractivity contribution is -0.150. The molecule has 2 aromatic rings. The van der Waals surface area contributed by atoms with E-state index in [0.29, 0.717) is 0 Å². The molecule has 0 aliphatic carbocycles. The zero-order chi connectivity index (χ0) is 29.8. The SMILES string of the molecule is CC(=O)C(=O)N(CC(C)C)NC(=O)C(Cc1ccccc1)NC(=O)C(CC(C)C)N(Cc1ccccc1)C(=O)O. The second-order valence-corrected chi connectivity index (χ2v) is 10.6. The smallest absolute Gasteiger partial charge is 0.408 e. The van der Waals surface area contributed by atoms with E-state index in [1.807, 2.05) is 39.8 Å². The van der Waals surface area contributed by atoms with Gasteiger partial charge in [-0.05, 0) is 29.4 Å². The maximum absolute atomic E-state index is 13.7. The van der Waals surface area contributed by atoms with Crippen LogP contribution < -0.4 is 10.7 Å². The van der Waals surface area contributed by atoms with Crippen LogP contribution in [0.25, 0.3) is 0 Å². The summed E-state index contributed by atoms with van der Waals surface area (Å²) < 4.78 is 0. The number of benzene rings is 2. The first-order valence-electron chi connectivity index (χ1n) is 13.4. The molecule has 4 amide bonds. The minimum absolute atomic E-state index is 0.00813. The van der Waals surface area contributed by atoms with Crippen LogP contribution in [0.15, 0.2) is 60.7 Å². The molecular formula is C30H40N4O6. The van der Waals surface area contributed by atoms with Gasteiger partial charge in [0.15, 0.2) is 0 Å². The molecule has 0 spiro atoms. The molecule has 0 radical (unpaired) electrons. The van der Waals surface area contributed by atoms with Gasteiger partial charge in [0, 0.05) is 26.4 Å². The summed E-state index contributed by atoms with van der Waals surface area (Å²) in [6, 6.07) is 15.7. The lowest BCUT2D eigenvalue weighted by Crippen LogP contribution is -2.59. The first-order chi connectivity index (χ1) is 18.9. The third-order valence-corrected chi connectivity index (χ3v) is 6.07. The molecule has 0 aromatic heterocycles. The van der Waals surface area contributed by atoms with Crippen LogP contribution in [0.5, 0.6) is 0 Å². The standard InChI is InChI=1S/C30H40N4O6/c1-20(2)16-26(33(30(39)40)19-24-14-10-7-11-15-24)28(37)31-25(17-23-12-8-6-9-13-23)27(36)32-34(18-21(3)4)29(38)22(5)35/h6-15,20-21,25-26H,16-19H2,1-5H3,(H,31,37)(H,32,36)(H,39,40). The predicted octanol–water partition coefficient (Wildman–Crippen LogP) is 3.41. The number of Topliss-reactive ketones (excluding diaryl/α,β-unsaturated/α-hetero) is 1. The van der Waals surface area contributed by atoms with Crippen molar-refractivity contribution in [2.45, 2.75) is 66.1 Å². The minimum Gasteiger partial charge on any atom is -0.465 e. The van der Waals surface area contributed by atoms with E-state index in [0.717, 1.165) is 28.0 Å². The average molecular weight is 553 g/mol. The van der Waals surface area contributed by atoms with Crippen LogP contribution in [0, 0.1) is 11.8 Å². The van der Waals surface area contributed by atoms with Crippen molar-refractivity contribution in [3.8, 4) is 0 Å². The molecule has 0 fully saturated rings. The highest BCUT2D eigenvalue weighted by Gasteiger charge is 2.34. The Morgan fingerprint density at radius 1 is 0.800 bits per heavy atom. The number of nitrogens with one attached hydrogen (secondary N) is 2. The van der Waals surface area contributed by atoms with Crippen molar-refractivity contribution in [1.29, 1.82) is 0 Å². The summed E-state index contributed by atoms with van der Waals surface area (Å²) in [5.41, 5.74) is 3.97. The molecule has 40 heavy (non-hydrogen) atoms.